The number of nitrogens with two attached hydrogens (primary N) is 1. The molecule has 0 bridgehead atoms. The number of ether oxygens (including phenoxy) is 2. The van der Waals surface area contributed by atoms with Crippen LogP contribution in [0.2, 0.25) is 0 Å². The SMILES string of the molecule is COc1cc(C(Oc2ccc(Nc3cccnc3)c(C=N)c2)C(C)N)ccn1. The third-order valence-corrected chi connectivity index (χ3v) is 4.16. The molecule has 0 fully saturated rings. The van der Waals surface area contributed by atoms with Gasteiger partial charge in [-0.25, -0.2) is 4.98 Å². The molecule has 2 heterocycles. The summed E-state index contributed by atoms with van der Waals surface area (Å²) in [5, 5.41) is 11.0. The lowest BCUT2D eigenvalue weighted by molar-refractivity contribution is 0.180. The minimum absolute atomic E-state index is 0.260. The first kappa shape index (κ1) is 19.3. The van der Waals surface area contributed by atoms with Crippen LogP contribution in [0.4, 0.5) is 11.4 Å². The highest BCUT2D eigenvalue weighted by Crippen LogP contribution is 2.29. The Labute approximate surface area is 164 Å². The zero-order valence-electron chi connectivity index (χ0n) is 15.8. The number of benzene rings is 1. The average molecular weight is 377 g/mol. The highest BCUT2D eigenvalue weighted by atomic mass is 16.5. The van der Waals surface area contributed by atoms with Crippen molar-refractivity contribution in [2.24, 2.45) is 5.73 Å². The molecular weight excluding hydrogens is 354 g/mol. The third kappa shape index (κ3) is 4.63. The van der Waals surface area contributed by atoms with Crippen LogP contribution in [0, 0.1) is 5.41 Å². The van der Waals surface area contributed by atoms with E-state index in [9.17, 15) is 0 Å². The van der Waals surface area contributed by atoms with E-state index in [-0.39, 0.29) is 12.1 Å². The summed E-state index contributed by atoms with van der Waals surface area (Å²) >= 11 is 0. The van der Waals surface area contributed by atoms with Crippen LogP contribution in [0.5, 0.6) is 11.6 Å². The molecule has 0 spiro atoms. The van der Waals surface area contributed by atoms with Crippen molar-refractivity contribution in [3.63, 3.8) is 0 Å². The van der Waals surface area contributed by atoms with E-state index < -0.39 is 0 Å². The molecule has 2 atom stereocenters. The summed E-state index contributed by atoms with van der Waals surface area (Å²) in [5.74, 6) is 1.12. The summed E-state index contributed by atoms with van der Waals surface area (Å²) in [6, 6.07) is 12.7. The van der Waals surface area contributed by atoms with Gasteiger partial charge in [0.05, 0.1) is 19.0 Å². The largest absolute Gasteiger partial charge is 0.484 e. The van der Waals surface area contributed by atoms with Gasteiger partial charge in [-0.3, -0.25) is 4.98 Å². The maximum Gasteiger partial charge on any atom is 0.213 e. The lowest BCUT2D eigenvalue weighted by atomic mass is 10.0. The molecule has 3 aromatic rings. The predicted molar refractivity (Wildman–Crippen MR) is 110 cm³/mol. The lowest BCUT2D eigenvalue weighted by Gasteiger charge is -2.23. The minimum Gasteiger partial charge on any atom is -0.484 e. The fourth-order valence-corrected chi connectivity index (χ4v) is 2.78. The summed E-state index contributed by atoms with van der Waals surface area (Å²) in [5.41, 5.74) is 9.36. The van der Waals surface area contributed by atoms with Crippen LogP contribution in [-0.2, 0) is 0 Å². The second kappa shape index (κ2) is 8.96. The number of nitrogens with one attached hydrogen (secondary N) is 2. The van der Waals surface area contributed by atoms with Gasteiger partial charge in [0.15, 0.2) is 0 Å². The molecule has 3 rings (SSSR count). The smallest absolute Gasteiger partial charge is 0.213 e. The van der Waals surface area contributed by atoms with E-state index in [0.29, 0.717) is 17.2 Å². The Bertz CT molecular complexity index is 931. The number of anilines is 2. The van der Waals surface area contributed by atoms with Gasteiger partial charge in [-0.2, -0.15) is 0 Å². The molecule has 0 aliphatic rings. The van der Waals surface area contributed by atoms with Gasteiger partial charge in [0.1, 0.15) is 11.9 Å². The van der Waals surface area contributed by atoms with Crippen molar-refractivity contribution in [3.8, 4) is 11.6 Å². The molecule has 1 aromatic carbocycles. The monoisotopic (exact) mass is 377 g/mol. The van der Waals surface area contributed by atoms with E-state index in [0.717, 1.165) is 16.9 Å². The van der Waals surface area contributed by atoms with Crippen molar-refractivity contribution in [2.75, 3.05) is 12.4 Å². The highest BCUT2D eigenvalue weighted by Gasteiger charge is 2.20. The maximum absolute atomic E-state index is 7.75. The van der Waals surface area contributed by atoms with E-state index >= 15 is 0 Å². The van der Waals surface area contributed by atoms with Crippen LogP contribution >= 0.6 is 0 Å². The van der Waals surface area contributed by atoms with Crippen molar-refractivity contribution < 1.29 is 9.47 Å². The quantitative estimate of drug-likeness (QED) is 0.517. The van der Waals surface area contributed by atoms with Crippen molar-refractivity contribution in [1.82, 2.24) is 9.97 Å². The topological polar surface area (TPSA) is 106 Å². The van der Waals surface area contributed by atoms with E-state index in [1.54, 1.807) is 31.8 Å². The maximum atomic E-state index is 7.75. The van der Waals surface area contributed by atoms with Crippen molar-refractivity contribution in [2.45, 2.75) is 19.1 Å². The Hall–Kier alpha value is -3.45. The van der Waals surface area contributed by atoms with E-state index in [2.05, 4.69) is 15.3 Å². The third-order valence-electron chi connectivity index (χ3n) is 4.16. The standard InChI is InChI=1S/C21H23N5O2/c1-14(23)21(15-7-9-25-20(11-15)27-2)28-18-5-6-19(16(10-18)12-22)26-17-4-3-8-24-13-17/h3-14,21-22,26H,23H2,1-2H3. The van der Waals surface area contributed by atoms with Crippen LogP contribution < -0.4 is 20.5 Å². The molecule has 28 heavy (non-hydrogen) atoms. The molecule has 4 N–H and O–H groups in total. The van der Waals surface area contributed by atoms with Crippen molar-refractivity contribution in [3.05, 3.63) is 72.2 Å². The molecule has 7 heteroatoms. The Balaban J connectivity index is 1.84. The second-order valence-corrected chi connectivity index (χ2v) is 6.29. The number of nitrogens with zero attached hydrogens (tertiary/aromatic N) is 2. The van der Waals surface area contributed by atoms with Gasteiger partial charge < -0.3 is 25.9 Å². The van der Waals surface area contributed by atoms with Crippen molar-refractivity contribution >= 4 is 17.6 Å². The molecule has 2 unspecified atom stereocenters. The Morgan fingerprint density at radius 1 is 1.18 bits per heavy atom. The van der Waals surface area contributed by atoms with E-state index in [1.807, 2.05) is 43.3 Å². The Morgan fingerprint density at radius 3 is 2.71 bits per heavy atom. The summed E-state index contributed by atoms with van der Waals surface area (Å²) in [4.78, 5) is 8.21. The molecule has 0 aliphatic carbocycles. The Morgan fingerprint density at radius 2 is 2.04 bits per heavy atom. The molecule has 0 saturated carbocycles. The predicted octanol–water partition coefficient (Wildman–Crippen LogP) is 3.69. The first-order valence-corrected chi connectivity index (χ1v) is 8.84. The molecule has 144 valence electrons. The van der Waals surface area contributed by atoms with Gasteiger partial charge in [-0.05, 0) is 43.3 Å². The van der Waals surface area contributed by atoms with Gasteiger partial charge >= 0.3 is 0 Å². The Kier molecular flexibility index (Phi) is 6.18. The summed E-state index contributed by atoms with van der Waals surface area (Å²) in [6.07, 6.45) is 5.99. The van der Waals surface area contributed by atoms with Crippen LogP contribution in [0.3, 0.4) is 0 Å². The molecular formula is C21H23N5O2. The van der Waals surface area contributed by atoms with Gasteiger partial charge in [-0.1, -0.05) is 0 Å². The number of aromatic nitrogens is 2. The molecule has 0 radical (unpaired) electrons. The normalized spacial score (nSPS) is 12.7. The van der Waals surface area contributed by atoms with Crippen LogP contribution in [0.1, 0.15) is 24.2 Å². The van der Waals surface area contributed by atoms with Gasteiger partial charge in [-0.15, -0.1) is 0 Å². The van der Waals surface area contributed by atoms with Crippen LogP contribution in [0.15, 0.2) is 61.1 Å². The summed E-state index contributed by atoms with van der Waals surface area (Å²) < 4.78 is 11.4. The first-order chi connectivity index (χ1) is 13.6. The van der Waals surface area contributed by atoms with Gasteiger partial charge in [0.2, 0.25) is 5.88 Å². The minimum atomic E-state index is -0.382. The van der Waals surface area contributed by atoms with Gasteiger partial charge in [0, 0.05) is 47.5 Å². The summed E-state index contributed by atoms with van der Waals surface area (Å²) in [6.45, 7) is 1.88. The summed E-state index contributed by atoms with van der Waals surface area (Å²) in [7, 11) is 1.57. The molecule has 2 aromatic heterocycles. The average Bonchev–Trinajstić information content (AvgIpc) is 2.73. The number of pyridine rings is 2. The zero-order chi connectivity index (χ0) is 19.9. The molecule has 0 saturated heterocycles. The van der Waals surface area contributed by atoms with Gasteiger partial charge in [0.25, 0.3) is 0 Å². The lowest BCUT2D eigenvalue weighted by Crippen LogP contribution is -2.29. The fraction of sp³-hybridized carbons (Fsp3) is 0.190. The number of rotatable bonds is 8. The molecule has 0 amide bonds. The number of hydrogen-bond acceptors (Lipinski definition) is 7. The van der Waals surface area contributed by atoms with E-state index in [1.165, 1.54) is 6.21 Å². The molecule has 7 nitrogen and oxygen atoms in total. The zero-order valence-corrected chi connectivity index (χ0v) is 15.8. The van der Waals surface area contributed by atoms with E-state index in [4.69, 9.17) is 20.6 Å². The fourth-order valence-electron chi connectivity index (χ4n) is 2.78. The first-order valence-electron chi connectivity index (χ1n) is 8.84. The number of hydrogen-bond donors (Lipinski definition) is 3. The highest BCUT2D eigenvalue weighted by molar-refractivity contribution is 5.88. The molecule has 0 aliphatic heterocycles. The number of methoxy groups -OCH3 is 1. The van der Waals surface area contributed by atoms with Crippen LogP contribution in [0.25, 0.3) is 0 Å². The van der Waals surface area contributed by atoms with Crippen molar-refractivity contribution in [1.29, 1.82) is 5.41 Å². The van der Waals surface area contributed by atoms with Crippen LogP contribution in [-0.4, -0.2) is 29.3 Å². The second-order valence-electron chi connectivity index (χ2n) is 6.29.